The molecular formula is C22H24N8O2S. The second kappa shape index (κ2) is 8.83. The Kier molecular flexibility index (Phi) is 5.73. The van der Waals surface area contributed by atoms with Gasteiger partial charge in [0.2, 0.25) is 5.95 Å². The van der Waals surface area contributed by atoms with Crippen LogP contribution in [0.1, 0.15) is 21.7 Å². The van der Waals surface area contributed by atoms with Crippen molar-refractivity contribution in [2.24, 2.45) is 7.05 Å². The first-order valence-corrected chi connectivity index (χ1v) is 11.5. The average Bonchev–Trinajstić information content (AvgIpc) is 3.42. The van der Waals surface area contributed by atoms with Crippen molar-refractivity contribution < 1.29 is 9.53 Å². The first kappa shape index (κ1) is 21.4. The molecule has 170 valence electrons. The maximum absolute atomic E-state index is 10.9. The van der Waals surface area contributed by atoms with Gasteiger partial charge in [-0.25, -0.2) is 24.9 Å². The standard InChI is InChI=1S/C22H24N8O2S/c1-14-4-9-33-18(14)19-26-20-17(21(27-19)30-5-7-32-8-6-30)25-16(29(20)3)12-28(2)22-23-10-15(13-31)11-24-22/h4,9-11,13H,5-8,12H2,1-3H3. The van der Waals surface area contributed by atoms with Gasteiger partial charge < -0.3 is 19.1 Å². The molecule has 1 saturated heterocycles. The zero-order chi connectivity index (χ0) is 22.9. The summed E-state index contributed by atoms with van der Waals surface area (Å²) in [6, 6.07) is 2.08. The van der Waals surface area contributed by atoms with Crippen LogP contribution < -0.4 is 9.80 Å². The lowest BCUT2D eigenvalue weighted by Gasteiger charge is -2.28. The molecule has 33 heavy (non-hydrogen) atoms. The number of ether oxygens (including phenoxy) is 1. The highest BCUT2D eigenvalue weighted by molar-refractivity contribution is 7.13. The molecule has 0 spiro atoms. The minimum Gasteiger partial charge on any atom is -0.378 e. The minimum atomic E-state index is 0.441. The van der Waals surface area contributed by atoms with Crippen LogP contribution in [0.5, 0.6) is 0 Å². The van der Waals surface area contributed by atoms with Crippen LogP contribution in [0.15, 0.2) is 23.8 Å². The number of nitrogens with zero attached hydrogens (tertiary/aromatic N) is 8. The maximum atomic E-state index is 10.9. The lowest BCUT2D eigenvalue weighted by Crippen LogP contribution is -2.37. The lowest BCUT2D eigenvalue weighted by molar-refractivity contribution is 0.112. The number of aldehydes is 1. The molecule has 0 N–H and O–H groups in total. The molecule has 11 heteroatoms. The quantitative estimate of drug-likeness (QED) is 0.398. The Morgan fingerprint density at radius 3 is 2.61 bits per heavy atom. The number of carbonyl (C=O) groups excluding carboxylic acids is 1. The number of thiophene rings is 1. The molecule has 0 saturated carbocycles. The number of aryl methyl sites for hydroxylation is 2. The summed E-state index contributed by atoms with van der Waals surface area (Å²) in [4.78, 5) is 39.4. The van der Waals surface area contributed by atoms with Gasteiger partial charge in [0, 0.05) is 39.6 Å². The summed E-state index contributed by atoms with van der Waals surface area (Å²) in [5.41, 5.74) is 3.16. The third kappa shape index (κ3) is 4.05. The van der Waals surface area contributed by atoms with E-state index in [4.69, 9.17) is 19.7 Å². The molecule has 1 fully saturated rings. The molecule has 4 aromatic rings. The molecule has 1 aliphatic heterocycles. The van der Waals surface area contributed by atoms with Gasteiger partial charge in [0.1, 0.15) is 5.82 Å². The zero-order valence-corrected chi connectivity index (χ0v) is 19.5. The number of hydrogen-bond donors (Lipinski definition) is 0. The number of anilines is 2. The summed E-state index contributed by atoms with van der Waals surface area (Å²) < 4.78 is 7.55. The minimum absolute atomic E-state index is 0.441. The Bertz CT molecular complexity index is 1290. The van der Waals surface area contributed by atoms with Gasteiger partial charge in [0.15, 0.2) is 29.1 Å². The van der Waals surface area contributed by atoms with Crippen molar-refractivity contribution in [1.29, 1.82) is 0 Å². The largest absolute Gasteiger partial charge is 0.378 e. The van der Waals surface area contributed by atoms with Gasteiger partial charge in [-0.15, -0.1) is 11.3 Å². The molecule has 0 atom stereocenters. The highest BCUT2D eigenvalue weighted by Crippen LogP contribution is 2.32. The van der Waals surface area contributed by atoms with Crippen LogP contribution in [0.2, 0.25) is 0 Å². The fourth-order valence-corrected chi connectivity index (χ4v) is 4.66. The van der Waals surface area contributed by atoms with E-state index in [1.165, 1.54) is 12.4 Å². The van der Waals surface area contributed by atoms with Gasteiger partial charge in [-0.05, 0) is 23.9 Å². The first-order valence-electron chi connectivity index (χ1n) is 10.6. The zero-order valence-electron chi connectivity index (χ0n) is 18.7. The van der Waals surface area contributed by atoms with Crippen molar-refractivity contribution in [3.63, 3.8) is 0 Å². The summed E-state index contributed by atoms with van der Waals surface area (Å²) in [6.07, 6.45) is 3.75. The van der Waals surface area contributed by atoms with E-state index >= 15 is 0 Å². The first-order chi connectivity index (χ1) is 16.0. The van der Waals surface area contributed by atoms with Gasteiger partial charge in [-0.2, -0.15) is 0 Å². The van der Waals surface area contributed by atoms with Crippen molar-refractivity contribution in [3.05, 3.63) is 40.8 Å². The van der Waals surface area contributed by atoms with E-state index in [1.54, 1.807) is 11.3 Å². The fraction of sp³-hybridized carbons (Fsp3) is 0.364. The summed E-state index contributed by atoms with van der Waals surface area (Å²) in [5.74, 6) is 2.89. The molecule has 0 aliphatic carbocycles. The number of fused-ring (bicyclic) bond motifs is 1. The van der Waals surface area contributed by atoms with Crippen molar-refractivity contribution in [2.75, 3.05) is 43.2 Å². The molecule has 1 aliphatic rings. The Hall–Kier alpha value is -3.44. The van der Waals surface area contributed by atoms with E-state index in [2.05, 4.69) is 33.2 Å². The molecule has 0 radical (unpaired) electrons. The topological polar surface area (TPSA) is 102 Å². The summed E-state index contributed by atoms with van der Waals surface area (Å²) in [7, 11) is 3.86. The van der Waals surface area contributed by atoms with Crippen molar-refractivity contribution >= 4 is 40.6 Å². The third-order valence-electron chi connectivity index (χ3n) is 5.68. The average molecular weight is 465 g/mol. The molecule has 5 heterocycles. The summed E-state index contributed by atoms with van der Waals surface area (Å²) in [6.45, 7) is 5.40. The van der Waals surface area contributed by atoms with E-state index in [0.29, 0.717) is 37.1 Å². The van der Waals surface area contributed by atoms with Gasteiger partial charge in [0.25, 0.3) is 0 Å². The van der Waals surface area contributed by atoms with Crippen molar-refractivity contribution in [1.82, 2.24) is 29.5 Å². The number of rotatable bonds is 6. The Labute approximate surface area is 194 Å². The van der Waals surface area contributed by atoms with E-state index in [1.807, 2.05) is 23.6 Å². The predicted octanol–water partition coefficient (Wildman–Crippen LogP) is 2.48. The maximum Gasteiger partial charge on any atom is 0.225 e. The summed E-state index contributed by atoms with van der Waals surface area (Å²) in [5, 5.41) is 2.06. The normalized spacial score (nSPS) is 14.1. The van der Waals surface area contributed by atoms with E-state index in [9.17, 15) is 4.79 Å². The smallest absolute Gasteiger partial charge is 0.225 e. The molecule has 0 aromatic carbocycles. The number of carbonyl (C=O) groups is 1. The van der Waals surface area contributed by atoms with E-state index in [-0.39, 0.29) is 0 Å². The van der Waals surface area contributed by atoms with Crippen LogP contribution in [0, 0.1) is 6.92 Å². The van der Waals surface area contributed by atoms with E-state index < -0.39 is 0 Å². The predicted molar refractivity (Wildman–Crippen MR) is 127 cm³/mol. The Morgan fingerprint density at radius 2 is 1.94 bits per heavy atom. The van der Waals surface area contributed by atoms with Gasteiger partial charge in [0.05, 0.1) is 30.2 Å². The third-order valence-corrected chi connectivity index (χ3v) is 6.70. The highest BCUT2D eigenvalue weighted by Gasteiger charge is 2.24. The van der Waals surface area contributed by atoms with Gasteiger partial charge in [-0.3, -0.25) is 4.79 Å². The van der Waals surface area contributed by atoms with Crippen LogP contribution >= 0.6 is 11.3 Å². The fourth-order valence-electron chi connectivity index (χ4n) is 3.80. The molecule has 5 rings (SSSR count). The number of imidazole rings is 1. The van der Waals surface area contributed by atoms with Gasteiger partial charge in [-0.1, -0.05) is 0 Å². The van der Waals surface area contributed by atoms with Crippen LogP contribution in [-0.2, 0) is 18.3 Å². The highest BCUT2D eigenvalue weighted by atomic mass is 32.1. The number of hydrogen-bond acceptors (Lipinski definition) is 10. The van der Waals surface area contributed by atoms with E-state index in [0.717, 1.165) is 52.6 Å². The van der Waals surface area contributed by atoms with Crippen molar-refractivity contribution in [3.8, 4) is 10.7 Å². The number of aromatic nitrogens is 6. The lowest BCUT2D eigenvalue weighted by atomic mass is 10.2. The second-order valence-corrected chi connectivity index (χ2v) is 8.87. The molecule has 0 unspecified atom stereocenters. The Balaban J connectivity index is 1.57. The van der Waals surface area contributed by atoms with Crippen LogP contribution in [0.3, 0.4) is 0 Å². The molecule has 0 amide bonds. The summed E-state index contributed by atoms with van der Waals surface area (Å²) >= 11 is 1.64. The van der Waals surface area contributed by atoms with Crippen LogP contribution in [0.25, 0.3) is 21.9 Å². The Morgan fingerprint density at radius 1 is 1.18 bits per heavy atom. The SMILES string of the molecule is Cc1ccsc1-c1nc(N2CCOCC2)c2nc(CN(C)c3ncc(C=O)cn3)n(C)c2n1. The second-order valence-electron chi connectivity index (χ2n) is 7.95. The van der Waals surface area contributed by atoms with Crippen molar-refractivity contribution in [2.45, 2.75) is 13.5 Å². The monoisotopic (exact) mass is 464 g/mol. The van der Waals surface area contributed by atoms with Gasteiger partial charge >= 0.3 is 0 Å². The molecule has 10 nitrogen and oxygen atoms in total. The van der Waals surface area contributed by atoms with Crippen LogP contribution in [-0.4, -0.2) is 69.1 Å². The molecular weight excluding hydrogens is 440 g/mol. The number of morpholine rings is 1. The van der Waals surface area contributed by atoms with Crippen LogP contribution in [0.4, 0.5) is 11.8 Å². The molecule has 4 aromatic heterocycles. The molecule has 0 bridgehead atoms.